The highest BCUT2D eigenvalue weighted by atomic mass is 16.9. The van der Waals surface area contributed by atoms with Gasteiger partial charge in [0.05, 0.1) is 6.33 Å². The first kappa shape index (κ1) is 14.4. The maximum absolute atomic E-state index is 8.36. The third-order valence-corrected chi connectivity index (χ3v) is 2.08. The van der Waals surface area contributed by atoms with E-state index < -0.39 is 5.09 Å². The number of hydrogen-bond acceptors (Lipinski definition) is 3. The highest BCUT2D eigenvalue weighted by Gasteiger charge is 1.90. The van der Waals surface area contributed by atoms with Crippen LogP contribution in [0.4, 0.5) is 0 Å². The van der Waals surface area contributed by atoms with Crippen LogP contribution in [0.5, 0.6) is 0 Å². The molecule has 6 heteroatoms. The van der Waals surface area contributed by atoms with E-state index in [-0.39, 0.29) is 0 Å². The first-order valence-corrected chi connectivity index (χ1v) is 5.45. The Hall–Kier alpha value is -1.59. The molecule has 0 saturated carbocycles. The number of unbranched alkanes of at least 4 members (excludes halogenated alkanes) is 4. The van der Waals surface area contributed by atoms with Crippen molar-refractivity contribution in [1.82, 2.24) is 9.55 Å². The lowest BCUT2D eigenvalue weighted by Gasteiger charge is -2.00. The van der Waals surface area contributed by atoms with E-state index in [0.29, 0.717) is 0 Å². The van der Waals surface area contributed by atoms with Crippen molar-refractivity contribution in [3.8, 4) is 0 Å². The summed E-state index contributed by atoms with van der Waals surface area (Å²) in [6, 6.07) is 0. The molecule has 92 valence electrons. The number of aryl methyl sites for hydroxylation is 1. The summed E-state index contributed by atoms with van der Waals surface area (Å²) in [6.07, 6.45) is 12.5. The lowest BCUT2D eigenvalue weighted by Crippen LogP contribution is -1.93. The van der Waals surface area contributed by atoms with E-state index in [2.05, 4.69) is 16.5 Å². The molecule has 0 spiro atoms. The Morgan fingerprint density at radius 3 is 2.50 bits per heavy atom. The van der Waals surface area contributed by atoms with Crippen molar-refractivity contribution in [3.05, 3.63) is 28.8 Å². The SMILES string of the molecule is CCCCCCCn1ccnc1.O=[N+]([O-])O. The van der Waals surface area contributed by atoms with Crippen LogP contribution < -0.4 is 0 Å². The van der Waals surface area contributed by atoms with Crippen LogP contribution in [0.1, 0.15) is 39.0 Å². The molecule has 1 aromatic rings. The van der Waals surface area contributed by atoms with Gasteiger partial charge in [0.15, 0.2) is 0 Å². The van der Waals surface area contributed by atoms with E-state index in [1.165, 1.54) is 32.1 Å². The largest absolute Gasteiger partial charge is 0.337 e. The van der Waals surface area contributed by atoms with Crippen molar-refractivity contribution >= 4 is 0 Å². The first-order valence-electron chi connectivity index (χ1n) is 5.45. The second-order valence-electron chi connectivity index (χ2n) is 3.45. The Bertz CT molecular complexity index is 258. The Morgan fingerprint density at radius 1 is 1.38 bits per heavy atom. The average molecular weight is 229 g/mol. The fourth-order valence-electron chi connectivity index (χ4n) is 1.32. The second-order valence-corrected chi connectivity index (χ2v) is 3.45. The van der Waals surface area contributed by atoms with Gasteiger partial charge in [0.25, 0.3) is 5.09 Å². The van der Waals surface area contributed by atoms with Crippen LogP contribution >= 0.6 is 0 Å². The van der Waals surface area contributed by atoms with Crippen molar-refractivity contribution < 1.29 is 10.3 Å². The molecule has 0 bridgehead atoms. The summed E-state index contributed by atoms with van der Waals surface area (Å²) in [5.41, 5.74) is 0. The molecule has 0 aliphatic carbocycles. The predicted molar refractivity (Wildman–Crippen MR) is 59.8 cm³/mol. The molecule has 0 saturated heterocycles. The maximum atomic E-state index is 8.36. The Morgan fingerprint density at radius 2 is 2.00 bits per heavy atom. The molecule has 1 aromatic heterocycles. The van der Waals surface area contributed by atoms with Crippen molar-refractivity contribution in [2.75, 3.05) is 0 Å². The third-order valence-electron chi connectivity index (χ3n) is 2.08. The van der Waals surface area contributed by atoms with Gasteiger partial charge in [-0.3, -0.25) is 0 Å². The van der Waals surface area contributed by atoms with Gasteiger partial charge in [-0.2, -0.15) is 0 Å². The second kappa shape index (κ2) is 9.95. The predicted octanol–water partition coefficient (Wildman–Crippen LogP) is 2.51. The summed E-state index contributed by atoms with van der Waals surface area (Å²) >= 11 is 0. The molecule has 16 heavy (non-hydrogen) atoms. The zero-order chi connectivity index (χ0) is 12.2. The number of imidazole rings is 1. The van der Waals surface area contributed by atoms with Crippen LogP contribution in [0.2, 0.25) is 0 Å². The summed E-state index contributed by atoms with van der Waals surface area (Å²) in [5, 5.41) is 13.6. The summed E-state index contributed by atoms with van der Waals surface area (Å²) in [5.74, 6) is 0. The van der Waals surface area contributed by atoms with Gasteiger partial charge in [-0.15, -0.1) is 10.1 Å². The molecule has 0 amide bonds. The fraction of sp³-hybridized carbons (Fsp3) is 0.700. The van der Waals surface area contributed by atoms with Gasteiger partial charge in [-0.05, 0) is 6.42 Å². The Balaban J connectivity index is 0.000000487. The molecule has 0 fully saturated rings. The molecule has 0 aromatic carbocycles. The summed E-state index contributed by atoms with van der Waals surface area (Å²) < 4.78 is 2.14. The quantitative estimate of drug-likeness (QED) is 0.461. The zero-order valence-corrected chi connectivity index (χ0v) is 9.58. The van der Waals surface area contributed by atoms with Gasteiger partial charge >= 0.3 is 0 Å². The van der Waals surface area contributed by atoms with Crippen molar-refractivity contribution in [1.29, 1.82) is 0 Å². The summed E-state index contributed by atoms with van der Waals surface area (Å²) in [6.45, 7) is 3.37. The van der Waals surface area contributed by atoms with Gasteiger partial charge in [0, 0.05) is 18.9 Å². The van der Waals surface area contributed by atoms with Gasteiger partial charge in [-0.25, -0.2) is 4.98 Å². The van der Waals surface area contributed by atoms with Gasteiger partial charge in [-0.1, -0.05) is 32.6 Å². The lowest BCUT2D eigenvalue weighted by molar-refractivity contribution is -0.742. The maximum Gasteiger partial charge on any atom is 0.291 e. The molecule has 1 rings (SSSR count). The summed E-state index contributed by atoms with van der Waals surface area (Å²) in [4.78, 5) is 12.4. The number of rotatable bonds is 6. The fourth-order valence-corrected chi connectivity index (χ4v) is 1.32. The number of hydrogen-bond donors (Lipinski definition) is 1. The molecular weight excluding hydrogens is 210 g/mol. The minimum atomic E-state index is -1.50. The summed E-state index contributed by atoms with van der Waals surface area (Å²) in [7, 11) is 0. The van der Waals surface area contributed by atoms with Crippen LogP contribution in [-0.4, -0.2) is 19.8 Å². The monoisotopic (exact) mass is 229 g/mol. The van der Waals surface area contributed by atoms with E-state index in [9.17, 15) is 0 Å². The third kappa shape index (κ3) is 10.5. The average Bonchev–Trinajstić information content (AvgIpc) is 2.69. The molecule has 6 nitrogen and oxygen atoms in total. The molecule has 0 unspecified atom stereocenters. The Kier molecular flexibility index (Phi) is 8.96. The molecule has 1 N–H and O–H groups in total. The van der Waals surface area contributed by atoms with Crippen LogP contribution in [0, 0.1) is 10.1 Å². The lowest BCUT2D eigenvalue weighted by atomic mass is 10.1. The molecular formula is C10H19N3O3. The van der Waals surface area contributed by atoms with E-state index in [1.807, 2.05) is 18.7 Å². The minimum absolute atomic E-state index is 1.13. The molecule has 0 atom stereocenters. The van der Waals surface area contributed by atoms with Crippen molar-refractivity contribution in [2.24, 2.45) is 0 Å². The highest BCUT2D eigenvalue weighted by molar-refractivity contribution is 4.73. The number of aromatic nitrogens is 2. The van der Waals surface area contributed by atoms with Crippen molar-refractivity contribution in [3.63, 3.8) is 0 Å². The minimum Gasteiger partial charge on any atom is -0.337 e. The molecule has 1 heterocycles. The standard InChI is InChI=1S/C10H18N2.HNO3/c1-2-3-4-5-6-8-12-9-7-11-10-12;2-1(3)4/h7,9-10H,2-6,8H2,1H3;(H,2,3,4). The van der Waals surface area contributed by atoms with E-state index in [1.54, 1.807) is 0 Å². The van der Waals surface area contributed by atoms with E-state index in [4.69, 9.17) is 15.3 Å². The van der Waals surface area contributed by atoms with E-state index >= 15 is 0 Å². The van der Waals surface area contributed by atoms with E-state index in [0.717, 1.165) is 6.54 Å². The molecule has 0 radical (unpaired) electrons. The Labute approximate surface area is 95.0 Å². The van der Waals surface area contributed by atoms with Gasteiger partial charge < -0.3 is 9.77 Å². The van der Waals surface area contributed by atoms with Crippen LogP contribution in [0.3, 0.4) is 0 Å². The van der Waals surface area contributed by atoms with Crippen LogP contribution in [-0.2, 0) is 6.54 Å². The molecule has 0 aliphatic rings. The van der Waals surface area contributed by atoms with Gasteiger partial charge in [0.2, 0.25) is 0 Å². The number of nitrogens with zero attached hydrogens (tertiary/aromatic N) is 3. The van der Waals surface area contributed by atoms with Gasteiger partial charge in [0.1, 0.15) is 0 Å². The highest BCUT2D eigenvalue weighted by Crippen LogP contribution is 2.03. The topological polar surface area (TPSA) is 81.2 Å². The normalized spacial score (nSPS) is 9.31. The smallest absolute Gasteiger partial charge is 0.291 e. The molecule has 0 aliphatic heterocycles. The van der Waals surface area contributed by atoms with Crippen LogP contribution in [0.15, 0.2) is 18.7 Å². The zero-order valence-electron chi connectivity index (χ0n) is 9.58. The first-order chi connectivity index (χ1) is 7.66. The van der Waals surface area contributed by atoms with Crippen LogP contribution in [0.25, 0.3) is 0 Å². The van der Waals surface area contributed by atoms with Crippen molar-refractivity contribution in [2.45, 2.75) is 45.6 Å².